The minimum atomic E-state index is -0.289. The SMILES string of the molecule is CCn1ccc(C(=O)Nc2ccc(NC(=O)c3ccn(C)n3)cc2)n1. The van der Waals surface area contributed by atoms with E-state index in [1.807, 2.05) is 6.92 Å². The number of benzene rings is 1. The van der Waals surface area contributed by atoms with Crippen molar-refractivity contribution in [1.82, 2.24) is 19.6 Å². The maximum atomic E-state index is 12.1. The van der Waals surface area contributed by atoms with E-state index < -0.39 is 0 Å². The van der Waals surface area contributed by atoms with Crippen LogP contribution < -0.4 is 10.6 Å². The van der Waals surface area contributed by atoms with Gasteiger partial charge in [-0.05, 0) is 43.3 Å². The van der Waals surface area contributed by atoms with Crippen LogP contribution in [0.5, 0.6) is 0 Å². The molecule has 3 rings (SSSR count). The van der Waals surface area contributed by atoms with Gasteiger partial charge in [0.05, 0.1) is 0 Å². The number of aromatic nitrogens is 4. The summed E-state index contributed by atoms with van der Waals surface area (Å²) in [5.74, 6) is -0.569. The molecule has 0 saturated heterocycles. The van der Waals surface area contributed by atoms with Crippen LogP contribution >= 0.6 is 0 Å². The van der Waals surface area contributed by atoms with Gasteiger partial charge in [-0.25, -0.2) is 0 Å². The van der Waals surface area contributed by atoms with Gasteiger partial charge in [-0.2, -0.15) is 10.2 Å². The van der Waals surface area contributed by atoms with Crippen molar-refractivity contribution in [1.29, 1.82) is 0 Å². The molecule has 8 nitrogen and oxygen atoms in total. The largest absolute Gasteiger partial charge is 0.321 e. The smallest absolute Gasteiger partial charge is 0.276 e. The summed E-state index contributed by atoms with van der Waals surface area (Å²) in [6.07, 6.45) is 3.46. The fraction of sp³-hybridized carbons (Fsp3) is 0.176. The Morgan fingerprint density at radius 2 is 1.40 bits per heavy atom. The summed E-state index contributed by atoms with van der Waals surface area (Å²) in [4.78, 5) is 24.2. The van der Waals surface area contributed by atoms with Crippen LogP contribution in [0.1, 0.15) is 27.9 Å². The molecule has 0 radical (unpaired) electrons. The second-order valence-electron chi connectivity index (χ2n) is 5.42. The van der Waals surface area contributed by atoms with E-state index >= 15 is 0 Å². The summed E-state index contributed by atoms with van der Waals surface area (Å²) >= 11 is 0. The monoisotopic (exact) mass is 338 g/mol. The molecule has 2 heterocycles. The number of carbonyl (C=O) groups is 2. The summed E-state index contributed by atoms with van der Waals surface area (Å²) in [5.41, 5.74) is 1.93. The van der Waals surface area contributed by atoms with Gasteiger partial charge >= 0.3 is 0 Å². The Morgan fingerprint density at radius 1 is 0.880 bits per heavy atom. The molecule has 0 fully saturated rings. The molecule has 0 saturated carbocycles. The molecule has 128 valence electrons. The van der Waals surface area contributed by atoms with Crippen LogP contribution in [-0.2, 0) is 13.6 Å². The Kier molecular flexibility index (Phi) is 4.60. The third kappa shape index (κ3) is 3.92. The lowest BCUT2D eigenvalue weighted by Crippen LogP contribution is -2.14. The van der Waals surface area contributed by atoms with Crippen LogP contribution in [0.25, 0.3) is 0 Å². The number of amides is 2. The van der Waals surface area contributed by atoms with Gasteiger partial charge < -0.3 is 10.6 Å². The highest BCUT2D eigenvalue weighted by Gasteiger charge is 2.11. The zero-order chi connectivity index (χ0) is 17.8. The molecule has 1 aromatic carbocycles. The summed E-state index contributed by atoms with van der Waals surface area (Å²) in [5, 5.41) is 13.7. The molecule has 0 bridgehead atoms. The first-order valence-electron chi connectivity index (χ1n) is 7.81. The molecule has 0 atom stereocenters. The fourth-order valence-corrected chi connectivity index (χ4v) is 2.22. The lowest BCUT2D eigenvalue weighted by molar-refractivity contribution is 0.101. The molecule has 2 amide bonds. The normalized spacial score (nSPS) is 10.5. The molecule has 25 heavy (non-hydrogen) atoms. The number of aryl methyl sites for hydroxylation is 2. The van der Waals surface area contributed by atoms with Crippen LogP contribution in [0.4, 0.5) is 11.4 Å². The molecule has 2 aromatic heterocycles. The fourth-order valence-electron chi connectivity index (χ4n) is 2.22. The molecule has 0 aliphatic carbocycles. The van der Waals surface area contributed by atoms with E-state index in [1.54, 1.807) is 65.2 Å². The summed E-state index contributed by atoms with van der Waals surface area (Å²) in [6, 6.07) is 10.1. The van der Waals surface area contributed by atoms with Crippen molar-refractivity contribution >= 4 is 23.2 Å². The standard InChI is InChI=1S/C17H18N6O2/c1-3-23-11-9-15(21-23)17(25)19-13-6-4-12(5-7-13)18-16(24)14-8-10-22(2)20-14/h4-11H,3H2,1-2H3,(H,18,24)(H,19,25). The highest BCUT2D eigenvalue weighted by Crippen LogP contribution is 2.15. The first-order valence-corrected chi connectivity index (χ1v) is 7.81. The van der Waals surface area contributed by atoms with Crippen LogP contribution in [0.2, 0.25) is 0 Å². The minimum absolute atomic E-state index is 0.280. The zero-order valence-corrected chi connectivity index (χ0v) is 13.9. The third-order valence-electron chi connectivity index (χ3n) is 3.54. The van der Waals surface area contributed by atoms with Crippen LogP contribution in [0.15, 0.2) is 48.8 Å². The molecule has 8 heteroatoms. The Labute approximate surface area is 144 Å². The van der Waals surface area contributed by atoms with Gasteiger partial charge in [0.2, 0.25) is 0 Å². The number of nitrogens with zero attached hydrogens (tertiary/aromatic N) is 4. The van der Waals surface area contributed by atoms with Crippen LogP contribution in [0.3, 0.4) is 0 Å². The summed E-state index contributed by atoms with van der Waals surface area (Å²) in [6.45, 7) is 2.66. The second kappa shape index (κ2) is 7.00. The predicted molar refractivity (Wildman–Crippen MR) is 93.5 cm³/mol. The second-order valence-corrected chi connectivity index (χ2v) is 5.42. The third-order valence-corrected chi connectivity index (χ3v) is 3.54. The van der Waals surface area contributed by atoms with E-state index in [9.17, 15) is 9.59 Å². The first kappa shape index (κ1) is 16.4. The van der Waals surface area contributed by atoms with Crippen molar-refractivity contribution in [2.75, 3.05) is 10.6 Å². The van der Waals surface area contributed by atoms with Gasteiger partial charge in [-0.3, -0.25) is 19.0 Å². The molecule has 0 aliphatic rings. The van der Waals surface area contributed by atoms with E-state index in [-0.39, 0.29) is 11.8 Å². The number of hydrogen-bond donors (Lipinski definition) is 2. The lowest BCUT2D eigenvalue weighted by atomic mass is 10.2. The first-order chi connectivity index (χ1) is 12.0. The highest BCUT2D eigenvalue weighted by atomic mass is 16.2. The van der Waals surface area contributed by atoms with Gasteiger partial charge in [0.25, 0.3) is 11.8 Å². The van der Waals surface area contributed by atoms with Gasteiger partial charge in [0, 0.05) is 37.4 Å². The van der Waals surface area contributed by atoms with Crippen LogP contribution in [-0.4, -0.2) is 31.4 Å². The van der Waals surface area contributed by atoms with Gasteiger partial charge in [-0.1, -0.05) is 0 Å². The van der Waals surface area contributed by atoms with E-state index in [2.05, 4.69) is 20.8 Å². The predicted octanol–water partition coefficient (Wildman–Crippen LogP) is 2.14. The molecular weight excluding hydrogens is 320 g/mol. The van der Waals surface area contributed by atoms with E-state index in [4.69, 9.17) is 0 Å². The Hall–Kier alpha value is -3.42. The zero-order valence-electron chi connectivity index (χ0n) is 13.9. The van der Waals surface area contributed by atoms with Crippen molar-refractivity contribution < 1.29 is 9.59 Å². The Balaban J connectivity index is 1.62. The quantitative estimate of drug-likeness (QED) is 0.745. The van der Waals surface area contributed by atoms with E-state index in [1.165, 1.54) is 0 Å². The van der Waals surface area contributed by atoms with Crippen molar-refractivity contribution in [3.63, 3.8) is 0 Å². The van der Waals surface area contributed by atoms with Gasteiger partial charge in [0.15, 0.2) is 11.4 Å². The highest BCUT2D eigenvalue weighted by molar-refractivity contribution is 6.04. The van der Waals surface area contributed by atoms with Crippen molar-refractivity contribution in [2.45, 2.75) is 13.5 Å². The Bertz CT molecular complexity index is 894. The average Bonchev–Trinajstić information content (AvgIpc) is 3.25. The van der Waals surface area contributed by atoms with Gasteiger partial charge in [-0.15, -0.1) is 0 Å². The minimum Gasteiger partial charge on any atom is -0.321 e. The average molecular weight is 338 g/mol. The van der Waals surface area contributed by atoms with Crippen molar-refractivity contribution in [3.05, 3.63) is 60.2 Å². The Morgan fingerprint density at radius 3 is 1.84 bits per heavy atom. The van der Waals surface area contributed by atoms with E-state index in [0.29, 0.717) is 29.3 Å². The maximum absolute atomic E-state index is 12.1. The number of anilines is 2. The number of hydrogen-bond acceptors (Lipinski definition) is 4. The van der Waals surface area contributed by atoms with Gasteiger partial charge in [0.1, 0.15) is 0 Å². The summed E-state index contributed by atoms with van der Waals surface area (Å²) in [7, 11) is 1.75. The number of carbonyl (C=O) groups excluding carboxylic acids is 2. The summed E-state index contributed by atoms with van der Waals surface area (Å²) < 4.78 is 3.25. The van der Waals surface area contributed by atoms with Crippen LogP contribution in [0, 0.1) is 0 Å². The molecule has 0 spiro atoms. The topological polar surface area (TPSA) is 93.8 Å². The van der Waals surface area contributed by atoms with Crippen molar-refractivity contribution in [2.24, 2.45) is 7.05 Å². The lowest BCUT2D eigenvalue weighted by Gasteiger charge is -2.06. The molecule has 3 aromatic rings. The molecule has 0 aliphatic heterocycles. The van der Waals surface area contributed by atoms with Crippen molar-refractivity contribution in [3.8, 4) is 0 Å². The molecule has 0 unspecified atom stereocenters. The number of nitrogens with one attached hydrogen (secondary N) is 2. The molecule has 2 N–H and O–H groups in total. The van der Waals surface area contributed by atoms with E-state index in [0.717, 1.165) is 0 Å². The molecular formula is C17H18N6O2. The number of rotatable bonds is 5. The maximum Gasteiger partial charge on any atom is 0.276 e.